The maximum Gasteiger partial charge on any atom is 0.266 e. The highest BCUT2D eigenvalue weighted by atomic mass is 79.9. The highest BCUT2D eigenvalue weighted by Crippen LogP contribution is 2.32. The van der Waals surface area contributed by atoms with Gasteiger partial charge in [0.15, 0.2) is 5.82 Å². The van der Waals surface area contributed by atoms with Crippen LogP contribution in [0.4, 0.5) is 5.95 Å². The molecule has 0 atom stereocenters. The van der Waals surface area contributed by atoms with E-state index in [9.17, 15) is 15.3 Å². The van der Waals surface area contributed by atoms with Crippen LogP contribution in [-0.2, 0) is 0 Å². The Morgan fingerprint density at radius 3 is 1.94 bits per heavy atom. The van der Waals surface area contributed by atoms with Crippen LogP contribution in [0.15, 0.2) is 78.2 Å². The van der Waals surface area contributed by atoms with E-state index in [0.29, 0.717) is 16.7 Å². The number of hydrogen-bond acceptors (Lipinski definition) is 8. The zero-order valence-electron chi connectivity index (χ0n) is 17.1. The van der Waals surface area contributed by atoms with E-state index in [1.54, 1.807) is 36.4 Å². The minimum Gasteiger partial charge on any atom is -0.507 e. The predicted molar refractivity (Wildman–Crippen MR) is 141 cm³/mol. The first-order valence-corrected chi connectivity index (χ1v) is 11.9. The van der Waals surface area contributed by atoms with Gasteiger partial charge in [-0.15, -0.1) is 10.2 Å². The lowest BCUT2D eigenvalue weighted by Crippen LogP contribution is -2.02. The first-order chi connectivity index (χ1) is 16.3. The summed E-state index contributed by atoms with van der Waals surface area (Å²) in [5, 5.41) is 47.3. The molecule has 172 valence electrons. The van der Waals surface area contributed by atoms with Crippen LogP contribution < -0.4 is 5.43 Å². The zero-order chi connectivity index (χ0) is 24.2. The van der Waals surface area contributed by atoms with Crippen molar-refractivity contribution >= 4 is 66.2 Å². The third kappa shape index (κ3) is 5.46. The van der Waals surface area contributed by atoms with Crippen LogP contribution in [0.5, 0.6) is 17.2 Å². The molecule has 0 amide bonds. The van der Waals surface area contributed by atoms with Crippen molar-refractivity contribution in [1.29, 1.82) is 0 Å². The second-order valence-electron chi connectivity index (χ2n) is 6.84. The SMILES string of the molecule is Oc1ccc(Br)cc1/C=N/Nc1nnc(-c2cc(Br)ccc2O)n1/N=C/c1cc(Br)ccc1O. The van der Waals surface area contributed by atoms with Gasteiger partial charge in [0.2, 0.25) is 0 Å². The molecule has 3 aromatic carbocycles. The highest BCUT2D eigenvalue weighted by molar-refractivity contribution is 9.11. The molecule has 0 aliphatic heterocycles. The van der Waals surface area contributed by atoms with E-state index in [1.807, 2.05) is 0 Å². The largest absolute Gasteiger partial charge is 0.507 e. The van der Waals surface area contributed by atoms with E-state index in [0.717, 1.165) is 13.4 Å². The zero-order valence-corrected chi connectivity index (χ0v) is 21.8. The number of hydrazone groups is 1. The third-order valence-corrected chi connectivity index (χ3v) is 5.98. The van der Waals surface area contributed by atoms with Crippen LogP contribution >= 0.6 is 47.8 Å². The summed E-state index contributed by atoms with van der Waals surface area (Å²) in [6.45, 7) is 0. The van der Waals surface area contributed by atoms with E-state index >= 15 is 0 Å². The molecular weight excluding hydrogens is 636 g/mol. The van der Waals surface area contributed by atoms with Gasteiger partial charge < -0.3 is 15.3 Å². The number of nitrogens with zero attached hydrogens (tertiary/aromatic N) is 5. The summed E-state index contributed by atoms with van der Waals surface area (Å²) in [4.78, 5) is 0. The summed E-state index contributed by atoms with van der Waals surface area (Å²) in [5.41, 5.74) is 4.04. The van der Waals surface area contributed by atoms with Gasteiger partial charge in [0.1, 0.15) is 17.2 Å². The fraction of sp³-hybridized carbons (Fsp3) is 0. The van der Waals surface area contributed by atoms with Crippen molar-refractivity contribution in [3.05, 3.63) is 79.1 Å². The van der Waals surface area contributed by atoms with Gasteiger partial charge in [0, 0.05) is 24.5 Å². The van der Waals surface area contributed by atoms with Crippen molar-refractivity contribution in [3.63, 3.8) is 0 Å². The van der Waals surface area contributed by atoms with Crippen LogP contribution in [0.25, 0.3) is 11.4 Å². The second kappa shape index (κ2) is 10.4. The molecule has 0 fully saturated rings. The number of phenols is 3. The molecule has 0 spiro atoms. The normalized spacial score (nSPS) is 11.5. The van der Waals surface area contributed by atoms with Crippen molar-refractivity contribution in [3.8, 4) is 28.6 Å². The topological polar surface area (TPSA) is 128 Å². The minimum atomic E-state index is -0.0218. The Balaban J connectivity index is 1.74. The summed E-state index contributed by atoms with van der Waals surface area (Å²) in [7, 11) is 0. The van der Waals surface area contributed by atoms with Crippen LogP contribution in [0.1, 0.15) is 11.1 Å². The van der Waals surface area contributed by atoms with E-state index in [1.165, 1.54) is 35.3 Å². The lowest BCUT2D eigenvalue weighted by Gasteiger charge is -2.07. The Kier molecular flexibility index (Phi) is 7.29. The molecule has 4 rings (SSSR count). The first-order valence-electron chi connectivity index (χ1n) is 9.56. The average molecular weight is 651 g/mol. The lowest BCUT2D eigenvalue weighted by atomic mass is 10.2. The van der Waals surface area contributed by atoms with Crippen molar-refractivity contribution in [2.24, 2.45) is 10.2 Å². The number of halogens is 3. The molecule has 0 bridgehead atoms. The molecule has 1 aromatic heterocycles. The van der Waals surface area contributed by atoms with Gasteiger partial charge in [-0.05, 0) is 54.6 Å². The molecule has 12 heteroatoms. The van der Waals surface area contributed by atoms with Gasteiger partial charge in [0.05, 0.1) is 18.0 Å². The molecule has 0 aliphatic carbocycles. The Labute approximate surface area is 218 Å². The standard InChI is InChI=1S/C22H15Br3N6O3/c23-14-1-4-18(32)12(7-14)10-26-29-22-30-28-21(17-9-16(25)3-6-20(17)34)31(22)27-11-13-8-15(24)2-5-19(13)33/h1-11,32-34H,(H,29,30)/b26-10+,27-11+. The van der Waals surface area contributed by atoms with E-state index in [2.05, 4.69) is 73.6 Å². The summed E-state index contributed by atoms with van der Waals surface area (Å²) in [6, 6.07) is 14.8. The van der Waals surface area contributed by atoms with Gasteiger partial charge in [-0.25, -0.2) is 5.43 Å². The van der Waals surface area contributed by atoms with Crippen LogP contribution in [0, 0.1) is 0 Å². The molecule has 0 saturated carbocycles. The minimum absolute atomic E-state index is 0.0218. The number of benzene rings is 3. The maximum atomic E-state index is 10.4. The smallest absolute Gasteiger partial charge is 0.266 e. The van der Waals surface area contributed by atoms with Crippen molar-refractivity contribution in [2.75, 3.05) is 5.43 Å². The summed E-state index contributed by atoms with van der Waals surface area (Å²) in [5.74, 6) is 0.424. The number of nitrogens with one attached hydrogen (secondary N) is 1. The molecule has 0 aliphatic rings. The fourth-order valence-corrected chi connectivity index (χ4v) is 3.97. The monoisotopic (exact) mass is 648 g/mol. The van der Waals surface area contributed by atoms with E-state index in [4.69, 9.17) is 0 Å². The lowest BCUT2D eigenvalue weighted by molar-refractivity contribution is 0.474. The molecule has 4 N–H and O–H groups in total. The molecule has 4 aromatic rings. The first kappa shape index (κ1) is 23.9. The molecule has 0 saturated heterocycles. The Bertz CT molecular complexity index is 1420. The Hall–Kier alpha value is -3.22. The summed E-state index contributed by atoms with van der Waals surface area (Å²) >= 11 is 10.1. The predicted octanol–water partition coefficient (Wildman–Crippen LogP) is 5.68. The molecule has 1 heterocycles. The highest BCUT2D eigenvalue weighted by Gasteiger charge is 2.17. The van der Waals surface area contributed by atoms with Crippen molar-refractivity contribution < 1.29 is 15.3 Å². The van der Waals surface area contributed by atoms with Crippen LogP contribution in [0.2, 0.25) is 0 Å². The quantitative estimate of drug-likeness (QED) is 0.157. The van der Waals surface area contributed by atoms with Gasteiger partial charge in [-0.2, -0.15) is 14.9 Å². The molecule has 0 radical (unpaired) electrons. The van der Waals surface area contributed by atoms with Gasteiger partial charge >= 0.3 is 0 Å². The Morgan fingerprint density at radius 1 is 0.735 bits per heavy atom. The maximum absolute atomic E-state index is 10.4. The van der Waals surface area contributed by atoms with E-state index in [-0.39, 0.29) is 29.0 Å². The number of rotatable bonds is 6. The number of anilines is 1. The second-order valence-corrected chi connectivity index (χ2v) is 9.59. The number of aromatic hydroxyl groups is 3. The van der Waals surface area contributed by atoms with Gasteiger partial charge in [-0.1, -0.05) is 47.8 Å². The third-order valence-electron chi connectivity index (χ3n) is 4.50. The number of aromatic nitrogens is 3. The summed E-state index contributed by atoms with van der Waals surface area (Å²) in [6.07, 6.45) is 2.84. The molecule has 0 unspecified atom stereocenters. The van der Waals surface area contributed by atoms with Crippen molar-refractivity contribution in [1.82, 2.24) is 14.9 Å². The molecule has 9 nitrogen and oxygen atoms in total. The van der Waals surface area contributed by atoms with Gasteiger partial charge in [0.25, 0.3) is 5.95 Å². The van der Waals surface area contributed by atoms with Crippen molar-refractivity contribution in [2.45, 2.75) is 0 Å². The number of hydrogen-bond donors (Lipinski definition) is 4. The number of phenolic OH excluding ortho intramolecular Hbond substituents is 3. The van der Waals surface area contributed by atoms with E-state index < -0.39 is 0 Å². The van der Waals surface area contributed by atoms with Gasteiger partial charge in [-0.3, -0.25) is 0 Å². The fourth-order valence-electron chi connectivity index (χ4n) is 2.85. The van der Waals surface area contributed by atoms with Crippen LogP contribution in [-0.4, -0.2) is 42.6 Å². The Morgan fingerprint density at radius 2 is 1.29 bits per heavy atom. The summed E-state index contributed by atoms with van der Waals surface area (Å²) < 4.78 is 3.60. The van der Waals surface area contributed by atoms with Crippen LogP contribution in [0.3, 0.4) is 0 Å². The molecular formula is C22H15Br3N6O3. The average Bonchev–Trinajstić information content (AvgIpc) is 3.20. The molecule has 34 heavy (non-hydrogen) atoms.